The smallest absolute Gasteiger partial charge is 0.0700 e. The van der Waals surface area contributed by atoms with Gasteiger partial charge in [-0.15, -0.1) is 0 Å². The maximum atomic E-state index is 5.62. The minimum absolute atomic E-state index is 0.454. The van der Waals surface area contributed by atoms with E-state index in [0.29, 0.717) is 18.2 Å². The van der Waals surface area contributed by atoms with Crippen molar-refractivity contribution in [2.45, 2.75) is 65.1 Å². The summed E-state index contributed by atoms with van der Waals surface area (Å²) in [7, 11) is 2.24. The second-order valence-electron chi connectivity index (χ2n) is 6.29. The van der Waals surface area contributed by atoms with Gasteiger partial charge in [-0.05, 0) is 46.1 Å². The monoisotopic (exact) mass is 256 g/mol. The highest BCUT2D eigenvalue weighted by atomic mass is 16.5. The maximum Gasteiger partial charge on any atom is 0.0700 e. The maximum absolute atomic E-state index is 5.62. The lowest BCUT2D eigenvalue weighted by Crippen LogP contribution is -2.44. The first-order chi connectivity index (χ1) is 8.50. The average molecular weight is 256 g/mol. The van der Waals surface area contributed by atoms with Gasteiger partial charge in [0.25, 0.3) is 0 Å². The highest BCUT2D eigenvalue weighted by Gasteiger charge is 2.18. The summed E-state index contributed by atoms with van der Waals surface area (Å²) in [5, 5.41) is 3.55. The third kappa shape index (κ3) is 5.68. The summed E-state index contributed by atoms with van der Waals surface area (Å²) in [6.45, 7) is 12.2. The molecule has 1 N–H and O–H groups in total. The van der Waals surface area contributed by atoms with E-state index >= 15 is 0 Å². The second kappa shape index (κ2) is 8.13. The number of hydrogen-bond acceptors (Lipinski definition) is 3. The number of ether oxygens (including phenoxy) is 1. The Bertz CT molecular complexity index is 215. The second-order valence-corrected chi connectivity index (χ2v) is 6.29. The van der Waals surface area contributed by atoms with Gasteiger partial charge < -0.3 is 10.1 Å². The summed E-state index contributed by atoms with van der Waals surface area (Å²) in [4.78, 5) is 2.49. The van der Waals surface area contributed by atoms with Crippen molar-refractivity contribution in [3.05, 3.63) is 0 Å². The molecule has 1 fully saturated rings. The number of likely N-dealkylation sites (N-methyl/N-ethyl adjacent to an activating group) is 1. The largest absolute Gasteiger partial charge is 0.377 e. The van der Waals surface area contributed by atoms with Crippen LogP contribution in [-0.2, 0) is 4.74 Å². The van der Waals surface area contributed by atoms with Crippen LogP contribution in [-0.4, -0.2) is 49.8 Å². The van der Waals surface area contributed by atoms with Crippen LogP contribution in [0.15, 0.2) is 0 Å². The van der Waals surface area contributed by atoms with E-state index in [0.717, 1.165) is 25.6 Å². The van der Waals surface area contributed by atoms with Gasteiger partial charge >= 0.3 is 0 Å². The molecule has 0 aromatic heterocycles. The third-order valence-corrected chi connectivity index (χ3v) is 4.04. The van der Waals surface area contributed by atoms with E-state index in [1.807, 2.05) is 0 Å². The molecule has 0 amide bonds. The molecule has 3 heteroatoms. The van der Waals surface area contributed by atoms with Crippen molar-refractivity contribution < 1.29 is 4.74 Å². The zero-order valence-corrected chi connectivity index (χ0v) is 12.9. The van der Waals surface area contributed by atoms with Crippen molar-refractivity contribution in [1.82, 2.24) is 10.2 Å². The van der Waals surface area contributed by atoms with E-state index < -0.39 is 0 Å². The first-order valence-corrected chi connectivity index (χ1v) is 7.55. The van der Waals surface area contributed by atoms with E-state index in [2.05, 4.69) is 45.0 Å². The van der Waals surface area contributed by atoms with Gasteiger partial charge in [0.15, 0.2) is 0 Å². The molecule has 3 unspecified atom stereocenters. The summed E-state index contributed by atoms with van der Waals surface area (Å²) in [5.74, 6) is 0.773. The minimum Gasteiger partial charge on any atom is -0.377 e. The molecule has 1 saturated heterocycles. The van der Waals surface area contributed by atoms with Crippen LogP contribution in [0.3, 0.4) is 0 Å². The standard InChI is InChI=1S/C15H32N2O/c1-12(2)9-13(3)17(5)14(4)10-16-11-15-7-6-8-18-15/h12-16H,6-11H2,1-5H3. The predicted octanol–water partition coefficient (Wildman–Crippen LogP) is 2.51. The van der Waals surface area contributed by atoms with Crippen LogP contribution in [0.25, 0.3) is 0 Å². The van der Waals surface area contributed by atoms with E-state index in [-0.39, 0.29) is 0 Å². The fourth-order valence-corrected chi connectivity index (χ4v) is 2.69. The SMILES string of the molecule is CC(C)CC(C)N(C)C(C)CNCC1CCCO1. The molecule has 0 spiro atoms. The fourth-order valence-electron chi connectivity index (χ4n) is 2.69. The normalized spacial score (nSPS) is 23.8. The first-order valence-electron chi connectivity index (χ1n) is 7.55. The van der Waals surface area contributed by atoms with E-state index in [1.165, 1.54) is 19.3 Å². The highest BCUT2D eigenvalue weighted by molar-refractivity contribution is 4.75. The Labute approximate surface area is 113 Å². The molecule has 1 rings (SSSR count). The minimum atomic E-state index is 0.454. The van der Waals surface area contributed by atoms with Crippen LogP contribution in [0, 0.1) is 5.92 Å². The van der Waals surface area contributed by atoms with E-state index in [9.17, 15) is 0 Å². The van der Waals surface area contributed by atoms with Crippen molar-refractivity contribution in [3.63, 3.8) is 0 Å². The predicted molar refractivity (Wildman–Crippen MR) is 78.0 cm³/mol. The zero-order chi connectivity index (χ0) is 13.5. The molecule has 18 heavy (non-hydrogen) atoms. The summed E-state index contributed by atoms with van der Waals surface area (Å²) in [5.41, 5.74) is 0. The molecule has 1 aliphatic rings. The van der Waals surface area contributed by atoms with Gasteiger partial charge in [0.1, 0.15) is 0 Å². The molecule has 0 aliphatic carbocycles. The van der Waals surface area contributed by atoms with E-state index in [4.69, 9.17) is 4.74 Å². The summed E-state index contributed by atoms with van der Waals surface area (Å²) in [6.07, 6.45) is 4.18. The molecule has 0 aromatic rings. The molecule has 0 aromatic carbocycles. The van der Waals surface area contributed by atoms with Gasteiger partial charge in [0.2, 0.25) is 0 Å². The van der Waals surface area contributed by atoms with Crippen molar-refractivity contribution in [2.75, 3.05) is 26.7 Å². The quantitative estimate of drug-likeness (QED) is 0.722. The van der Waals surface area contributed by atoms with Gasteiger partial charge in [0, 0.05) is 31.8 Å². The molecule has 1 heterocycles. The molecule has 1 aliphatic heterocycles. The Hall–Kier alpha value is -0.120. The fraction of sp³-hybridized carbons (Fsp3) is 1.00. The van der Waals surface area contributed by atoms with Gasteiger partial charge in [-0.2, -0.15) is 0 Å². The zero-order valence-electron chi connectivity index (χ0n) is 12.9. The van der Waals surface area contributed by atoms with Crippen molar-refractivity contribution in [3.8, 4) is 0 Å². The molecule has 0 bridgehead atoms. The van der Waals surface area contributed by atoms with Gasteiger partial charge in [-0.3, -0.25) is 4.90 Å². The Morgan fingerprint density at radius 3 is 2.50 bits per heavy atom. The Kier molecular flexibility index (Phi) is 7.20. The van der Waals surface area contributed by atoms with Crippen LogP contribution in [0.1, 0.15) is 47.0 Å². The van der Waals surface area contributed by atoms with Gasteiger partial charge in [0.05, 0.1) is 6.10 Å². The molecular weight excluding hydrogens is 224 g/mol. The van der Waals surface area contributed by atoms with Crippen LogP contribution in [0.5, 0.6) is 0 Å². The first kappa shape index (κ1) is 15.9. The van der Waals surface area contributed by atoms with Crippen molar-refractivity contribution >= 4 is 0 Å². The van der Waals surface area contributed by atoms with Gasteiger partial charge in [-0.25, -0.2) is 0 Å². The van der Waals surface area contributed by atoms with Gasteiger partial charge in [-0.1, -0.05) is 13.8 Å². The summed E-state index contributed by atoms with van der Waals surface area (Å²) >= 11 is 0. The topological polar surface area (TPSA) is 24.5 Å². The summed E-state index contributed by atoms with van der Waals surface area (Å²) < 4.78 is 5.62. The van der Waals surface area contributed by atoms with Crippen LogP contribution < -0.4 is 5.32 Å². The number of nitrogens with one attached hydrogen (secondary N) is 1. The van der Waals surface area contributed by atoms with Crippen LogP contribution in [0.4, 0.5) is 0 Å². The Balaban J connectivity index is 2.15. The lowest BCUT2D eigenvalue weighted by Gasteiger charge is -2.32. The molecule has 108 valence electrons. The lowest BCUT2D eigenvalue weighted by atomic mass is 10.0. The molecule has 0 radical (unpaired) electrons. The molecular formula is C15H32N2O. The third-order valence-electron chi connectivity index (χ3n) is 4.04. The van der Waals surface area contributed by atoms with Crippen molar-refractivity contribution in [2.24, 2.45) is 5.92 Å². The lowest BCUT2D eigenvalue weighted by molar-refractivity contribution is 0.106. The molecule has 3 nitrogen and oxygen atoms in total. The Morgan fingerprint density at radius 2 is 1.94 bits per heavy atom. The number of rotatable bonds is 8. The highest BCUT2D eigenvalue weighted by Crippen LogP contribution is 2.13. The molecule has 0 saturated carbocycles. The average Bonchev–Trinajstić information content (AvgIpc) is 2.79. The number of hydrogen-bond donors (Lipinski definition) is 1. The summed E-state index contributed by atoms with van der Waals surface area (Å²) in [6, 6.07) is 1.24. The Morgan fingerprint density at radius 1 is 1.22 bits per heavy atom. The van der Waals surface area contributed by atoms with Crippen LogP contribution in [0.2, 0.25) is 0 Å². The van der Waals surface area contributed by atoms with Crippen LogP contribution >= 0.6 is 0 Å². The van der Waals surface area contributed by atoms with E-state index in [1.54, 1.807) is 0 Å². The number of nitrogens with zero attached hydrogens (tertiary/aromatic N) is 1. The van der Waals surface area contributed by atoms with Crippen molar-refractivity contribution in [1.29, 1.82) is 0 Å². The molecule has 3 atom stereocenters.